The number of hydrogen-bond acceptors (Lipinski definition) is 2. The van der Waals surface area contributed by atoms with Crippen LogP contribution < -0.4 is 0 Å². The van der Waals surface area contributed by atoms with Gasteiger partial charge in [0.2, 0.25) is 0 Å². The van der Waals surface area contributed by atoms with Gasteiger partial charge in [0, 0.05) is 6.92 Å². The standard InChI is InChI=1S/C29H50O2/c1-19(2)8-7-9-20(3)25-12-13-26-24-11-10-22-18-23(31-21(4)30)14-16-28(22,5)27(24)15-17-29(25,26)6/h19-20,22-27H,7-18H2,1-6H3/t20-,22+,23-,24-,25+,26-,27-,28-,29+/m0/s1. The molecule has 0 heterocycles. The molecule has 9 atom stereocenters. The number of ether oxygens (including phenoxy) is 1. The summed E-state index contributed by atoms with van der Waals surface area (Å²) in [4.78, 5) is 11.5. The van der Waals surface area contributed by atoms with Crippen molar-refractivity contribution in [1.82, 2.24) is 0 Å². The van der Waals surface area contributed by atoms with E-state index in [-0.39, 0.29) is 12.1 Å². The second kappa shape index (κ2) is 9.02. The van der Waals surface area contributed by atoms with Gasteiger partial charge in [-0.25, -0.2) is 0 Å². The van der Waals surface area contributed by atoms with Crippen LogP contribution in [0.2, 0.25) is 0 Å². The Morgan fingerprint density at radius 2 is 1.61 bits per heavy atom. The van der Waals surface area contributed by atoms with Gasteiger partial charge in [-0.05, 0) is 110 Å². The number of hydrogen-bond donors (Lipinski definition) is 0. The fourth-order valence-corrected chi connectivity index (χ4v) is 9.59. The van der Waals surface area contributed by atoms with E-state index in [0.717, 1.165) is 54.3 Å². The molecule has 0 bridgehead atoms. The summed E-state index contributed by atoms with van der Waals surface area (Å²) in [6, 6.07) is 0. The summed E-state index contributed by atoms with van der Waals surface area (Å²) in [5.74, 6) is 6.22. The summed E-state index contributed by atoms with van der Waals surface area (Å²) in [6.45, 7) is 14.2. The first-order valence-electron chi connectivity index (χ1n) is 13.8. The van der Waals surface area contributed by atoms with Crippen molar-refractivity contribution in [2.45, 2.75) is 125 Å². The second-order valence-corrected chi connectivity index (χ2v) is 13.2. The minimum absolute atomic E-state index is 0.0877. The molecule has 0 aromatic carbocycles. The van der Waals surface area contributed by atoms with E-state index in [4.69, 9.17) is 4.74 Å². The minimum Gasteiger partial charge on any atom is -0.463 e. The van der Waals surface area contributed by atoms with Crippen LogP contribution in [-0.2, 0) is 9.53 Å². The molecule has 2 nitrogen and oxygen atoms in total. The van der Waals surface area contributed by atoms with E-state index in [1.54, 1.807) is 6.92 Å². The Morgan fingerprint density at radius 3 is 2.32 bits per heavy atom. The van der Waals surface area contributed by atoms with Crippen LogP contribution in [0.15, 0.2) is 0 Å². The second-order valence-electron chi connectivity index (χ2n) is 13.2. The lowest BCUT2D eigenvalue weighted by Gasteiger charge is -2.61. The Kier molecular flexibility index (Phi) is 6.87. The highest BCUT2D eigenvalue weighted by atomic mass is 16.5. The molecule has 4 aliphatic carbocycles. The van der Waals surface area contributed by atoms with Gasteiger partial charge in [-0.15, -0.1) is 0 Å². The van der Waals surface area contributed by atoms with Crippen LogP contribution in [0, 0.1) is 52.3 Å². The maximum absolute atomic E-state index is 11.5. The SMILES string of the molecule is CC(=O)O[C@H]1CC[C@@]2(C)[C@H](CC[C@@H]3[C@@H]2CC[C@]2(C)[C@@H]([C@@H](C)CCCC(C)C)CC[C@@H]32)C1. The van der Waals surface area contributed by atoms with E-state index >= 15 is 0 Å². The predicted molar refractivity (Wildman–Crippen MR) is 129 cm³/mol. The fourth-order valence-electron chi connectivity index (χ4n) is 9.59. The summed E-state index contributed by atoms with van der Waals surface area (Å²) in [5, 5.41) is 0. The van der Waals surface area contributed by atoms with Gasteiger partial charge in [0.25, 0.3) is 0 Å². The van der Waals surface area contributed by atoms with E-state index in [0.29, 0.717) is 10.8 Å². The lowest BCUT2D eigenvalue weighted by molar-refractivity contribution is -0.160. The van der Waals surface area contributed by atoms with E-state index in [2.05, 4.69) is 34.6 Å². The molecule has 0 saturated heterocycles. The van der Waals surface area contributed by atoms with Gasteiger partial charge in [0.1, 0.15) is 6.10 Å². The molecule has 4 fully saturated rings. The third-order valence-electron chi connectivity index (χ3n) is 11.2. The highest BCUT2D eigenvalue weighted by Gasteiger charge is 2.60. The van der Waals surface area contributed by atoms with Crippen molar-refractivity contribution in [1.29, 1.82) is 0 Å². The quantitative estimate of drug-likeness (QED) is 0.398. The summed E-state index contributed by atoms with van der Waals surface area (Å²) >= 11 is 0. The highest BCUT2D eigenvalue weighted by Crippen LogP contribution is 2.68. The molecule has 4 saturated carbocycles. The average Bonchev–Trinajstić information content (AvgIpc) is 3.05. The fraction of sp³-hybridized carbons (Fsp3) is 0.966. The third-order valence-corrected chi connectivity index (χ3v) is 11.2. The van der Waals surface area contributed by atoms with Crippen molar-refractivity contribution in [2.75, 3.05) is 0 Å². The molecule has 0 radical (unpaired) electrons. The Balaban J connectivity index is 1.43. The van der Waals surface area contributed by atoms with Gasteiger partial charge in [-0.3, -0.25) is 4.79 Å². The molecule has 31 heavy (non-hydrogen) atoms. The largest absolute Gasteiger partial charge is 0.463 e. The van der Waals surface area contributed by atoms with Crippen LogP contribution in [0.1, 0.15) is 119 Å². The predicted octanol–water partition coefficient (Wildman–Crippen LogP) is 8.04. The van der Waals surface area contributed by atoms with Gasteiger partial charge in [-0.2, -0.15) is 0 Å². The summed E-state index contributed by atoms with van der Waals surface area (Å²) < 4.78 is 5.65. The molecule has 0 amide bonds. The molecule has 0 aromatic rings. The molecule has 0 aromatic heterocycles. The molecule has 0 unspecified atom stereocenters. The Hall–Kier alpha value is -0.530. The highest BCUT2D eigenvalue weighted by molar-refractivity contribution is 5.66. The van der Waals surface area contributed by atoms with Crippen molar-refractivity contribution < 1.29 is 9.53 Å². The monoisotopic (exact) mass is 430 g/mol. The molecular formula is C29H50O2. The zero-order chi connectivity index (χ0) is 22.4. The van der Waals surface area contributed by atoms with E-state index in [1.807, 2.05) is 0 Å². The number of carbonyl (C=O) groups excluding carboxylic acids is 1. The van der Waals surface area contributed by atoms with Crippen LogP contribution in [-0.4, -0.2) is 12.1 Å². The van der Waals surface area contributed by atoms with Crippen molar-refractivity contribution in [3.8, 4) is 0 Å². The van der Waals surface area contributed by atoms with Crippen molar-refractivity contribution in [2.24, 2.45) is 52.3 Å². The number of esters is 1. The van der Waals surface area contributed by atoms with Crippen LogP contribution in [0.25, 0.3) is 0 Å². The van der Waals surface area contributed by atoms with Crippen molar-refractivity contribution in [3.63, 3.8) is 0 Å². The zero-order valence-electron chi connectivity index (χ0n) is 21.4. The Morgan fingerprint density at radius 1 is 0.903 bits per heavy atom. The zero-order valence-corrected chi connectivity index (χ0v) is 21.4. The van der Waals surface area contributed by atoms with Crippen molar-refractivity contribution in [3.05, 3.63) is 0 Å². The number of carbonyl (C=O) groups is 1. The summed E-state index contributed by atoms with van der Waals surface area (Å²) in [6.07, 6.45) is 16.6. The van der Waals surface area contributed by atoms with Crippen molar-refractivity contribution >= 4 is 5.97 Å². The summed E-state index contributed by atoms with van der Waals surface area (Å²) in [5.41, 5.74) is 1.08. The molecule has 2 heteroatoms. The first-order valence-corrected chi connectivity index (χ1v) is 13.8. The maximum Gasteiger partial charge on any atom is 0.302 e. The van der Waals surface area contributed by atoms with Gasteiger partial charge in [0.15, 0.2) is 0 Å². The smallest absolute Gasteiger partial charge is 0.302 e. The van der Waals surface area contributed by atoms with Gasteiger partial charge in [-0.1, -0.05) is 53.9 Å². The lowest BCUT2D eigenvalue weighted by atomic mass is 9.44. The van der Waals surface area contributed by atoms with E-state index < -0.39 is 0 Å². The molecule has 0 spiro atoms. The van der Waals surface area contributed by atoms with Gasteiger partial charge < -0.3 is 4.74 Å². The van der Waals surface area contributed by atoms with Crippen LogP contribution in [0.5, 0.6) is 0 Å². The minimum atomic E-state index is -0.0877. The van der Waals surface area contributed by atoms with Gasteiger partial charge in [0.05, 0.1) is 0 Å². The Labute approximate surface area is 192 Å². The first kappa shape index (κ1) is 23.6. The Bertz CT molecular complexity index is 641. The molecule has 178 valence electrons. The average molecular weight is 431 g/mol. The lowest BCUT2D eigenvalue weighted by Crippen LogP contribution is -2.54. The van der Waals surface area contributed by atoms with E-state index in [1.165, 1.54) is 64.2 Å². The van der Waals surface area contributed by atoms with Crippen LogP contribution in [0.3, 0.4) is 0 Å². The molecular weight excluding hydrogens is 380 g/mol. The molecule has 4 aliphatic rings. The topological polar surface area (TPSA) is 26.3 Å². The maximum atomic E-state index is 11.5. The first-order chi connectivity index (χ1) is 14.6. The summed E-state index contributed by atoms with van der Waals surface area (Å²) in [7, 11) is 0. The van der Waals surface area contributed by atoms with Crippen LogP contribution >= 0.6 is 0 Å². The molecule has 0 N–H and O–H groups in total. The number of fused-ring (bicyclic) bond motifs is 5. The normalized spacial score (nSPS) is 45.5. The third kappa shape index (κ3) is 4.35. The molecule has 4 rings (SSSR count). The van der Waals surface area contributed by atoms with E-state index in [9.17, 15) is 4.79 Å². The number of rotatable bonds is 6. The van der Waals surface area contributed by atoms with Crippen LogP contribution in [0.4, 0.5) is 0 Å². The molecule has 0 aliphatic heterocycles. The van der Waals surface area contributed by atoms with Gasteiger partial charge >= 0.3 is 5.97 Å².